The average Bonchev–Trinajstić information content (AvgIpc) is 2.54. The molecule has 22 heavy (non-hydrogen) atoms. The monoisotopic (exact) mass is 302 g/mol. The van der Waals surface area contributed by atoms with E-state index in [9.17, 15) is 9.18 Å². The van der Waals surface area contributed by atoms with Crippen molar-refractivity contribution in [1.82, 2.24) is 5.32 Å². The van der Waals surface area contributed by atoms with Gasteiger partial charge >= 0.3 is 6.03 Å². The van der Waals surface area contributed by atoms with Crippen LogP contribution in [0.3, 0.4) is 0 Å². The van der Waals surface area contributed by atoms with Gasteiger partial charge in [-0.2, -0.15) is 0 Å². The van der Waals surface area contributed by atoms with E-state index in [0.29, 0.717) is 18.9 Å². The maximum Gasteiger partial charge on any atom is 0.319 e. The summed E-state index contributed by atoms with van der Waals surface area (Å²) in [5.74, 6) is 0.262. The van der Waals surface area contributed by atoms with Crippen LogP contribution in [-0.2, 0) is 6.42 Å². The minimum Gasteiger partial charge on any atom is -0.492 e. The molecular formula is C17H19FN2O2. The number of anilines is 1. The highest BCUT2D eigenvalue weighted by molar-refractivity contribution is 5.89. The smallest absolute Gasteiger partial charge is 0.319 e. The van der Waals surface area contributed by atoms with Crippen molar-refractivity contribution in [3.63, 3.8) is 0 Å². The summed E-state index contributed by atoms with van der Waals surface area (Å²) in [5, 5.41) is 5.44. The minimum absolute atomic E-state index is 0.285. The molecule has 0 fully saturated rings. The fourth-order valence-electron chi connectivity index (χ4n) is 1.86. The quantitative estimate of drug-likeness (QED) is 0.801. The molecule has 0 saturated heterocycles. The van der Waals surface area contributed by atoms with Crippen LogP contribution in [0, 0.1) is 5.82 Å². The third-order valence-corrected chi connectivity index (χ3v) is 3.09. The molecule has 0 heterocycles. The molecule has 0 aliphatic rings. The summed E-state index contributed by atoms with van der Waals surface area (Å²) in [6.45, 7) is 2.75. The van der Waals surface area contributed by atoms with Crippen molar-refractivity contribution >= 4 is 11.7 Å². The summed E-state index contributed by atoms with van der Waals surface area (Å²) in [4.78, 5) is 11.7. The number of carbonyl (C=O) groups excluding carboxylic acids is 1. The Morgan fingerprint density at radius 2 is 1.77 bits per heavy atom. The number of urea groups is 1. The second kappa shape index (κ2) is 8.02. The molecule has 0 atom stereocenters. The van der Waals surface area contributed by atoms with Gasteiger partial charge in [0.2, 0.25) is 0 Å². The van der Waals surface area contributed by atoms with E-state index in [0.717, 1.165) is 12.1 Å². The van der Waals surface area contributed by atoms with Crippen LogP contribution in [0.25, 0.3) is 0 Å². The van der Waals surface area contributed by atoms with Crippen LogP contribution < -0.4 is 15.4 Å². The van der Waals surface area contributed by atoms with Gasteiger partial charge in [-0.3, -0.25) is 0 Å². The average molecular weight is 302 g/mol. The molecule has 4 nitrogen and oxygen atoms in total. The Morgan fingerprint density at radius 1 is 1.09 bits per heavy atom. The van der Waals surface area contributed by atoms with Gasteiger partial charge in [0.15, 0.2) is 0 Å². The largest absolute Gasteiger partial charge is 0.492 e. The molecule has 0 spiro atoms. The van der Waals surface area contributed by atoms with Crippen molar-refractivity contribution in [2.75, 3.05) is 18.5 Å². The lowest BCUT2D eigenvalue weighted by atomic mass is 10.1. The van der Waals surface area contributed by atoms with Gasteiger partial charge in [0.1, 0.15) is 18.2 Å². The number of aryl methyl sites for hydroxylation is 1. The molecule has 0 aromatic heterocycles. The summed E-state index contributed by atoms with van der Waals surface area (Å²) in [7, 11) is 0. The topological polar surface area (TPSA) is 50.4 Å². The van der Waals surface area contributed by atoms with E-state index in [1.54, 1.807) is 12.1 Å². The highest BCUT2D eigenvalue weighted by Crippen LogP contribution is 2.11. The summed E-state index contributed by atoms with van der Waals surface area (Å²) in [5.41, 5.74) is 1.97. The second-order valence-corrected chi connectivity index (χ2v) is 4.73. The fraction of sp³-hybridized carbons (Fsp3) is 0.235. The molecule has 2 aromatic rings. The Morgan fingerprint density at radius 3 is 2.41 bits per heavy atom. The molecular weight excluding hydrogens is 283 g/mol. The molecule has 0 saturated carbocycles. The van der Waals surface area contributed by atoms with Crippen molar-refractivity contribution in [3.8, 4) is 5.75 Å². The number of amides is 2. The zero-order valence-electron chi connectivity index (χ0n) is 12.4. The van der Waals surface area contributed by atoms with Gasteiger partial charge < -0.3 is 15.4 Å². The van der Waals surface area contributed by atoms with Crippen LogP contribution in [0.1, 0.15) is 12.5 Å². The molecule has 0 bridgehead atoms. The van der Waals surface area contributed by atoms with Crippen molar-refractivity contribution in [2.24, 2.45) is 0 Å². The van der Waals surface area contributed by atoms with E-state index in [2.05, 4.69) is 17.6 Å². The first kappa shape index (κ1) is 15.8. The molecule has 2 rings (SSSR count). The summed E-state index contributed by atoms with van der Waals surface area (Å²) < 4.78 is 18.1. The molecule has 0 radical (unpaired) electrons. The number of ether oxygens (including phenoxy) is 1. The Labute approximate surface area is 129 Å². The van der Waals surface area contributed by atoms with Gasteiger partial charge in [0, 0.05) is 5.69 Å². The summed E-state index contributed by atoms with van der Waals surface area (Å²) in [6, 6.07) is 13.2. The van der Waals surface area contributed by atoms with Gasteiger partial charge in [-0.15, -0.1) is 0 Å². The molecule has 5 heteroatoms. The van der Waals surface area contributed by atoms with E-state index in [1.165, 1.54) is 17.7 Å². The number of hydrogen-bond donors (Lipinski definition) is 2. The predicted octanol–water partition coefficient (Wildman–Crippen LogP) is 3.59. The molecule has 2 N–H and O–H groups in total. The normalized spacial score (nSPS) is 10.1. The lowest BCUT2D eigenvalue weighted by Gasteiger charge is -2.09. The van der Waals surface area contributed by atoms with E-state index >= 15 is 0 Å². The second-order valence-electron chi connectivity index (χ2n) is 4.73. The Kier molecular flexibility index (Phi) is 5.77. The number of nitrogens with one attached hydrogen (secondary N) is 2. The van der Waals surface area contributed by atoms with Crippen LogP contribution >= 0.6 is 0 Å². The van der Waals surface area contributed by atoms with Crippen LogP contribution in [0.2, 0.25) is 0 Å². The molecule has 2 amide bonds. The Bertz CT molecular complexity index is 597. The summed E-state index contributed by atoms with van der Waals surface area (Å²) >= 11 is 0. The maximum atomic E-state index is 12.7. The van der Waals surface area contributed by atoms with Gasteiger partial charge in [0.05, 0.1) is 6.54 Å². The van der Waals surface area contributed by atoms with Gasteiger partial charge in [-0.25, -0.2) is 9.18 Å². The zero-order valence-corrected chi connectivity index (χ0v) is 12.4. The maximum absolute atomic E-state index is 12.7. The van der Waals surface area contributed by atoms with Crippen molar-refractivity contribution in [2.45, 2.75) is 13.3 Å². The first-order valence-corrected chi connectivity index (χ1v) is 7.19. The van der Waals surface area contributed by atoms with Crippen molar-refractivity contribution < 1.29 is 13.9 Å². The Hall–Kier alpha value is -2.56. The van der Waals surface area contributed by atoms with E-state index in [4.69, 9.17) is 4.74 Å². The number of hydrogen-bond acceptors (Lipinski definition) is 2. The van der Waals surface area contributed by atoms with Crippen LogP contribution in [-0.4, -0.2) is 19.2 Å². The minimum atomic E-state index is -0.307. The number of carbonyl (C=O) groups is 1. The SMILES string of the molecule is CCc1ccc(NC(=O)NCCOc2ccc(F)cc2)cc1. The van der Waals surface area contributed by atoms with Crippen LogP contribution in [0.15, 0.2) is 48.5 Å². The van der Waals surface area contributed by atoms with E-state index in [-0.39, 0.29) is 11.8 Å². The molecule has 2 aromatic carbocycles. The first-order valence-electron chi connectivity index (χ1n) is 7.19. The standard InChI is InChI=1S/C17H19FN2O2/c1-2-13-3-7-15(8-4-13)20-17(21)19-11-12-22-16-9-5-14(18)6-10-16/h3-10H,2,11-12H2,1H3,(H2,19,20,21). The highest BCUT2D eigenvalue weighted by Gasteiger charge is 2.01. The van der Waals surface area contributed by atoms with E-state index in [1.807, 2.05) is 24.3 Å². The predicted molar refractivity (Wildman–Crippen MR) is 84.7 cm³/mol. The number of benzene rings is 2. The number of halogens is 1. The van der Waals surface area contributed by atoms with Crippen LogP contribution in [0.5, 0.6) is 5.75 Å². The third-order valence-electron chi connectivity index (χ3n) is 3.09. The lowest BCUT2D eigenvalue weighted by Crippen LogP contribution is -2.32. The van der Waals surface area contributed by atoms with Crippen LogP contribution in [0.4, 0.5) is 14.9 Å². The Balaban J connectivity index is 1.67. The van der Waals surface area contributed by atoms with Gasteiger partial charge in [0.25, 0.3) is 0 Å². The fourth-order valence-corrected chi connectivity index (χ4v) is 1.86. The van der Waals surface area contributed by atoms with Crippen molar-refractivity contribution in [1.29, 1.82) is 0 Å². The highest BCUT2D eigenvalue weighted by atomic mass is 19.1. The third kappa shape index (κ3) is 5.09. The molecule has 116 valence electrons. The van der Waals surface area contributed by atoms with E-state index < -0.39 is 0 Å². The molecule has 0 aliphatic carbocycles. The molecule has 0 unspecified atom stereocenters. The molecule has 0 aliphatic heterocycles. The van der Waals surface area contributed by atoms with Gasteiger partial charge in [-0.05, 0) is 48.4 Å². The zero-order chi connectivity index (χ0) is 15.8. The van der Waals surface area contributed by atoms with Crippen molar-refractivity contribution in [3.05, 3.63) is 59.9 Å². The number of rotatable bonds is 6. The van der Waals surface area contributed by atoms with Gasteiger partial charge in [-0.1, -0.05) is 19.1 Å². The first-order chi connectivity index (χ1) is 10.7. The lowest BCUT2D eigenvalue weighted by molar-refractivity contribution is 0.247. The summed E-state index contributed by atoms with van der Waals surface area (Å²) in [6.07, 6.45) is 0.965.